The van der Waals surface area contributed by atoms with E-state index >= 15 is 0 Å². The van der Waals surface area contributed by atoms with E-state index in [0.717, 1.165) is 17.0 Å². The summed E-state index contributed by atoms with van der Waals surface area (Å²) in [6, 6.07) is 0. The minimum Gasteiger partial charge on any atom is -0.296 e. The lowest BCUT2D eigenvalue weighted by Gasteiger charge is -2.12. The predicted octanol–water partition coefficient (Wildman–Crippen LogP) is 0.599. The van der Waals surface area contributed by atoms with Crippen molar-refractivity contribution in [1.82, 2.24) is 24.5 Å². The van der Waals surface area contributed by atoms with Gasteiger partial charge in [-0.3, -0.25) is 9.25 Å². The zero-order valence-corrected chi connectivity index (χ0v) is 13.6. The molecule has 0 spiro atoms. The summed E-state index contributed by atoms with van der Waals surface area (Å²) < 4.78 is 26.7. The minimum atomic E-state index is -3.92. The van der Waals surface area contributed by atoms with Crippen LogP contribution in [0.3, 0.4) is 0 Å². The summed E-state index contributed by atoms with van der Waals surface area (Å²) >= 11 is 0. The minimum absolute atomic E-state index is 0.214. The molecule has 2 N–H and O–H groups in total. The van der Waals surface area contributed by atoms with Crippen LogP contribution in [0.1, 0.15) is 25.2 Å². The van der Waals surface area contributed by atoms with Crippen molar-refractivity contribution in [2.75, 3.05) is 0 Å². The molecule has 0 aliphatic rings. The van der Waals surface area contributed by atoms with Crippen LogP contribution < -0.4 is 5.14 Å². The maximum atomic E-state index is 11.7. The third kappa shape index (κ3) is 2.84. The molecule has 0 aliphatic carbocycles. The molecule has 0 saturated heterocycles. The summed E-state index contributed by atoms with van der Waals surface area (Å²) in [4.78, 5) is 0. The fraction of sp³-hybridized carbons (Fsp3) is 0.583. The second-order valence-electron chi connectivity index (χ2n) is 5.53. The zero-order chi connectivity index (χ0) is 15.9. The van der Waals surface area contributed by atoms with Crippen LogP contribution in [0.15, 0.2) is 5.16 Å². The highest BCUT2D eigenvalue weighted by atomic mass is 32.2. The molecule has 116 valence electrons. The summed E-state index contributed by atoms with van der Waals surface area (Å²) in [5.41, 5.74) is 2.46. The van der Waals surface area contributed by atoms with E-state index < -0.39 is 10.0 Å². The first-order valence-electron chi connectivity index (χ1n) is 6.59. The van der Waals surface area contributed by atoms with Gasteiger partial charge in [0.25, 0.3) is 15.2 Å². The zero-order valence-electron chi connectivity index (χ0n) is 12.8. The van der Waals surface area contributed by atoms with Crippen molar-refractivity contribution in [2.24, 2.45) is 18.1 Å². The molecule has 2 rings (SSSR count). The third-order valence-corrected chi connectivity index (χ3v) is 4.06. The van der Waals surface area contributed by atoms with E-state index in [1.54, 1.807) is 9.25 Å². The molecule has 21 heavy (non-hydrogen) atoms. The fourth-order valence-corrected chi connectivity index (χ4v) is 2.93. The van der Waals surface area contributed by atoms with E-state index in [1.165, 1.54) is 0 Å². The van der Waals surface area contributed by atoms with E-state index in [1.807, 2.05) is 34.7 Å². The van der Waals surface area contributed by atoms with Crippen LogP contribution in [0.4, 0.5) is 0 Å². The highest BCUT2D eigenvalue weighted by molar-refractivity contribution is 7.89. The third-order valence-electron chi connectivity index (χ3n) is 3.25. The summed E-state index contributed by atoms with van der Waals surface area (Å²) in [5.74, 6) is 0.702. The van der Waals surface area contributed by atoms with Crippen LogP contribution in [-0.2, 0) is 23.6 Å². The Morgan fingerprint density at radius 3 is 2.29 bits per heavy atom. The first kappa shape index (κ1) is 15.6. The number of nitrogens with zero attached hydrogens (tertiary/aromatic N) is 5. The number of aryl methyl sites for hydroxylation is 2. The fourth-order valence-electron chi connectivity index (χ4n) is 2.31. The quantitative estimate of drug-likeness (QED) is 0.889. The Balaban J connectivity index is 2.72. The maximum Gasteiger partial charge on any atom is 0.273 e. The molecule has 0 amide bonds. The lowest BCUT2D eigenvalue weighted by atomic mass is 10.1. The average molecular weight is 312 g/mol. The number of nitrogens with two attached hydrogens (primary N) is 1. The van der Waals surface area contributed by atoms with Gasteiger partial charge in [-0.15, -0.1) is 10.2 Å². The normalized spacial score (nSPS) is 12.3. The lowest BCUT2D eigenvalue weighted by Crippen LogP contribution is -2.20. The molecule has 8 nitrogen and oxygen atoms in total. The molecule has 2 aromatic rings. The van der Waals surface area contributed by atoms with Gasteiger partial charge in [0.05, 0.1) is 11.3 Å². The largest absolute Gasteiger partial charge is 0.296 e. The molecule has 0 radical (unpaired) electrons. The van der Waals surface area contributed by atoms with Gasteiger partial charge in [-0.05, 0) is 19.8 Å². The van der Waals surface area contributed by atoms with E-state index in [0.29, 0.717) is 12.4 Å². The molecular weight excluding hydrogens is 292 g/mol. The topological polar surface area (TPSA) is 109 Å². The van der Waals surface area contributed by atoms with E-state index in [2.05, 4.69) is 15.3 Å². The first-order chi connectivity index (χ1) is 9.62. The van der Waals surface area contributed by atoms with Crippen molar-refractivity contribution < 1.29 is 8.42 Å². The molecule has 0 unspecified atom stereocenters. The van der Waals surface area contributed by atoms with E-state index in [4.69, 9.17) is 5.14 Å². The van der Waals surface area contributed by atoms with E-state index in [9.17, 15) is 8.42 Å². The summed E-state index contributed by atoms with van der Waals surface area (Å²) in [7, 11) is -2.09. The van der Waals surface area contributed by atoms with Crippen LogP contribution in [-0.4, -0.2) is 33.0 Å². The number of hydrogen-bond donors (Lipinski definition) is 1. The number of hydrogen-bond acceptors (Lipinski definition) is 5. The van der Waals surface area contributed by atoms with Crippen molar-refractivity contribution in [1.29, 1.82) is 0 Å². The summed E-state index contributed by atoms with van der Waals surface area (Å²) in [6.07, 6.45) is 0. The molecule has 0 saturated carbocycles. The SMILES string of the molecule is Cc1nn(C)c(C)c1-c1nnc(S(N)(=O)=O)n1CC(C)C. The Kier molecular flexibility index (Phi) is 3.89. The molecule has 0 fully saturated rings. The van der Waals surface area contributed by atoms with Gasteiger partial charge in [-0.2, -0.15) is 5.10 Å². The Morgan fingerprint density at radius 2 is 1.86 bits per heavy atom. The van der Waals surface area contributed by atoms with Crippen molar-refractivity contribution in [3.63, 3.8) is 0 Å². The molecular formula is C12H20N6O2S. The van der Waals surface area contributed by atoms with Crippen LogP contribution >= 0.6 is 0 Å². The van der Waals surface area contributed by atoms with Crippen LogP contribution in [0.2, 0.25) is 0 Å². The van der Waals surface area contributed by atoms with Crippen molar-refractivity contribution in [3.8, 4) is 11.4 Å². The molecule has 2 heterocycles. The smallest absolute Gasteiger partial charge is 0.273 e. The number of aromatic nitrogens is 5. The second-order valence-corrected chi connectivity index (χ2v) is 6.98. The molecule has 9 heteroatoms. The predicted molar refractivity (Wildman–Crippen MR) is 77.9 cm³/mol. The lowest BCUT2D eigenvalue weighted by molar-refractivity contribution is 0.486. The van der Waals surface area contributed by atoms with Gasteiger partial charge in [-0.25, -0.2) is 13.6 Å². The molecule has 0 atom stereocenters. The Bertz CT molecular complexity index is 772. The van der Waals surface area contributed by atoms with Gasteiger partial charge in [0, 0.05) is 19.3 Å². The molecule has 0 aliphatic heterocycles. The molecule has 0 aromatic carbocycles. The molecule has 0 bridgehead atoms. The van der Waals surface area contributed by atoms with Gasteiger partial charge in [-0.1, -0.05) is 13.8 Å². The van der Waals surface area contributed by atoms with Crippen molar-refractivity contribution in [2.45, 2.75) is 39.4 Å². The summed E-state index contributed by atoms with van der Waals surface area (Å²) in [5, 5.41) is 17.2. The Morgan fingerprint density at radius 1 is 1.24 bits per heavy atom. The highest BCUT2D eigenvalue weighted by Gasteiger charge is 2.25. The van der Waals surface area contributed by atoms with Gasteiger partial charge in [0.15, 0.2) is 5.82 Å². The van der Waals surface area contributed by atoms with Gasteiger partial charge >= 0.3 is 0 Å². The Hall–Kier alpha value is -1.74. The van der Waals surface area contributed by atoms with Crippen LogP contribution in [0.5, 0.6) is 0 Å². The standard InChI is InChI=1S/C12H20N6O2S/c1-7(2)6-18-11(14-15-12(18)21(13,19)20)10-8(3)16-17(5)9(10)4/h7H,6H2,1-5H3,(H2,13,19,20). The maximum absolute atomic E-state index is 11.7. The van der Waals surface area contributed by atoms with E-state index in [-0.39, 0.29) is 11.1 Å². The van der Waals surface area contributed by atoms with Crippen LogP contribution in [0.25, 0.3) is 11.4 Å². The second kappa shape index (κ2) is 5.23. The molecule has 2 aromatic heterocycles. The first-order valence-corrected chi connectivity index (χ1v) is 8.14. The monoisotopic (exact) mass is 312 g/mol. The summed E-state index contributed by atoms with van der Waals surface area (Å²) in [6.45, 7) is 8.19. The number of rotatable bonds is 4. The highest BCUT2D eigenvalue weighted by Crippen LogP contribution is 2.27. The average Bonchev–Trinajstić information content (AvgIpc) is 2.81. The number of primary sulfonamides is 1. The van der Waals surface area contributed by atoms with Gasteiger partial charge in [0.2, 0.25) is 0 Å². The van der Waals surface area contributed by atoms with Gasteiger partial charge < -0.3 is 0 Å². The van der Waals surface area contributed by atoms with Crippen molar-refractivity contribution >= 4 is 10.0 Å². The van der Waals surface area contributed by atoms with Gasteiger partial charge in [0.1, 0.15) is 0 Å². The van der Waals surface area contributed by atoms with Crippen molar-refractivity contribution in [3.05, 3.63) is 11.4 Å². The number of sulfonamides is 1. The van der Waals surface area contributed by atoms with Crippen LogP contribution in [0, 0.1) is 19.8 Å². The Labute approximate surface area is 124 Å².